The summed E-state index contributed by atoms with van der Waals surface area (Å²) in [5.74, 6) is -0.0966. The summed E-state index contributed by atoms with van der Waals surface area (Å²) in [5.41, 5.74) is 6.30. The van der Waals surface area contributed by atoms with Gasteiger partial charge < -0.3 is 9.88 Å². The number of nitrogens with one attached hydrogen (secondary N) is 2. The molecule has 2 N–H and O–H groups in total. The van der Waals surface area contributed by atoms with Gasteiger partial charge in [-0.25, -0.2) is 13.1 Å². The third-order valence-electron chi connectivity index (χ3n) is 6.49. The molecule has 1 aliphatic carbocycles. The molecule has 0 spiro atoms. The van der Waals surface area contributed by atoms with Crippen LogP contribution in [0.5, 0.6) is 0 Å². The highest BCUT2D eigenvalue weighted by Gasteiger charge is 2.29. The molecule has 3 aromatic rings. The van der Waals surface area contributed by atoms with E-state index in [2.05, 4.69) is 38.9 Å². The fourth-order valence-corrected chi connectivity index (χ4v) is 5.67. The normalized spacial score (nSPS) is 16.8. The van der Waals surface area contributed by atoms with E-state index in [0.29, 0.717) is 11.5 Å². The number of fused-ring (bicyclic) bond motifs is 5. The Morgan fingerprint density at radius 3 is 2.65 bits per heavy atom. The van der Waals surface area contributed by atoms with Gasteiger partial charge in [0, 0.05) is 40.8 Å². The van der Waals surface area contributed by atoms with Crippen molar-refractivity contribution in [3.63, 3.8) is 0 Å². The van der Waals surface area contributed by atoms with Gasteiger partial charge in [0.15, 0.2) is 0 Å². The summed E-state index contributed by atoms with van der Waals surface area (Å²) in [5, 5.41) is 4.72. The molecule has 1 saturated carbocycles. The van der Waals surface area contributed by atoms with Crippen LogP contribution in [0.15, 0.2) is 42.5 Å². The number of nitrogens with zero attached hydrogens (tertiary/aromatic N) is 1. The Hall–Kier alpha value is -2.80. The highest BCUT2D eigenvalue weighted by atomic mass is 32.2. The zero-order chi connectivity index (χ0) is 21.6. The van der Waals surface area contributed by atoms with Crippen LogP contribution < -0.4 is 10.0 Å². The monoisotopic (exact) mass is 437 g/mol. The Bertz CT molecular complexity index is 1270. The molecule has 0 unspecified atom stereocenters. The summed E-state index contributed by atoms with van der Waals surface area (Å²) < 4.78 is 27.5. The largest absolute Gasteiger partial charge is 0.383 e. The Kier molecular flexibility index (Phi) is 5.01. The molecular formula is C24H27N3O3S. The van der Waals surface area contributed by atoms with Crippen molar-refractivity contribution in [3.8, 4) is 11.3 Å². The van der Waals surface area contributed by atoms with Crippen LogP contribution in [0.25, 0.3) is 22.2 Å². The Morgan fingerprint density at radius 1 is 1.10 bits per heavy atom. The predicted molar refractivity (Wildman–Crippen MR) is 124 cm³/mol. The van der Waals surface area contributed by atoms with E-state index in [4.69, 9.17) is 0 Å². The number of anilines is 1. The molecule has 1 aromatic heterocycles. The first-order chi connectivity index (χ1) is 14.9. The topological polar surface area (TPSA) is 80.2 Å². The highest BCUT2D eigenvalue weighted by molar-refractivity contribution is 7.89. The number of sulfonamides is 1. The van der Waals surface area contributed by atoms with Gasteiger partial charge in [-0.15, -0.1) is 0 Å². The van der Waals surface area contributed by atoms with Crippen LogP contribution in [0.1, 0.15) is 53.9 Å². The van der Waals surface area contributed by atoms with Gasteiger partial charge in [0.2, 0.25) is 10.0 Å². The third kappa shape index (κ3) is 3.71. The molecule has 0 atom stereocenters. The fourth-order valence-electron chi connectivity index (χ4n) is 5.22. The van der Waals surface area contributed by atoms with Gasteiger partial charge in [-0.1, -0.05) is 43.5 Å². The van der Waals surface area contributed by atoms with Crippen LogP contribution in [0.4, 0.5) is 5.69 Å². The maximum absolute atomic E-state index is 12.5. The maximum Gasteiger partial charge on any atom is 0.264 e. The zero-order valence-corrected chi connectivity index (χ0v) is 18.5. The second kappa shape index (κ2) is 7.71. The van der Waals surface area contributed by atoms with Crippen molar-refractivity contribution >= 4 is 32.5 Å². The summed E-state index contributed by atoms with van der Waals surface area (Å²) in [6.07, 6.45) is 7.13. The average molecular weight is 438 g/mol. The number of amides is 1. The Labute approximate surface area is 182 Å². The van der Waals surface area contributed by atoms with E-state index in [-0.39, 0.29) is 0 Å². The lowest BCUT2D eigenvalue weighted by atomic mass is 9.81. The average Bonchev–Trinajstić information content (AvgIpc) is 2.94. The minimum absolute atomic E-state index is 0.360. The first kappa shape index (κ1) is 20.1. The first-order valence-corrected chi connectivity index (χ1v) is 12.8. The van der Waals surface area contributed by atoms with Crippen LogP contribution in [-0.2, 0) is 16.6 Å². The molecule has 1 fully saturated rings. The number of hydrogen-bond donors (Lipinski definition) is 2. The molecule has 1 amide bonds. The standard InChI is InChI=1S/C24H27N3O3S/c1-31(29,30)26-24(28)17-11-12-19-21(15-17)27-14-13-25-20-10-6-5-9-18(20)23(27)22(19)16-7-3-2-4-8-16/h5-6,9-12,15-16,25H,2-4,7-8,13-14H2,1H3,(H,26,28). The predicted octanol–water partition coefficient (Wildman–Crippen LogP) is 4.47. The van der Waals surface area contributed by atoms with Crippen molar-refractivity contribution in [2.45, 2.75) is 44.6 Å². The summed E-state index contributed by atoms with van der Waals surface area (Å²) >= 11 is 0. The smallest absolute Gasteiger partial charge is 0.264 e. The van der Waals surface area contributed by atoms with Gasteiger partial charge in [0.25, 0.3) is 5.91 Å². The lowest BCUT2D eigenvalue weighted by Gasteiger charge is -2.23. The van der Waals surface area contributed by atoms with E-state index >= 15 is 0 Å². The van der Waals surface area contributed by atoms with E-state index in [0.717, 1.165) is 30.5 Å². The molecule has 7 heteroatoms. The number of hydrogen-bond acceptors (Lipinski definition) is 4. The van der Waals surface area contributed by atoms with Gasteiger partial charge in [-0.2, -0.15) is 0 Å². The van der Waals surface area contributed by atoms with Crippen LogP contribution in [-0.4, -0.2) is 31.7 Å². The molecule has 162 valence electrons. The van der Waals surface area contributed by atoms with Gasteiger partial charge in [0.1, 0.15) is 0 Å². The van der Waals surface area contributed by atoms with Crippen molar-refractivity contribution in [2.75, 3.05) is 18.1 Å². The number of carbonyl (C=O) groups excluding carboxylic acids is 1. The molecule has 31 heavy (non-hydrogen) atoms. The second-order valence-corrected chi connectivity index (χ2v) is 10.4. The molecule has 2 aromatic carbocycles. The zero-order valence-electron chi connectivity index (χ0n) is 17.6. The lowest BCUT2D eigenvalue weighted by Crippen LogP contribution is -2.29. The molecule has 2 aliphatic rings. The highest BCUT2D eigenvalue weighted by Crippen LogP contribution is 2.46. The van der Waals surface area contributed by atoms with E-state index in [1.807, 2.05) is 12.1 Å². The summed E-state index contributed by atoms with van der Waals surface area (Å²) in [4.78, 5) is 12.5. The Morgan fingerprint density at radius 2 is 1.87 bits per heavy atom. The van der Waals surface area contributed by atoms with Crippen LogP contribution >= 0.6 is 0 Å². The Balaban J connectivity index is 1.75. The van der Waals surface area contributed by atoms with Crippen LogP contribution in [0.3, 0.4) is 0 Å². The van der Waals surface area contributed by atoms with Gasteiger partial charge in [0.05, 0.1) is 11.9 Å². The van der Waals surface area contributed by atoms with Crippen LogP contribution in [0, 0.1) is 0 Å². The summed E-state index contributed by atoms with van der Waals surface area (Å²) in [7, 11) is -3.62. The van der Waals surface area contributed by atoms with Crippen molar-refractivity contribution in [2.24, 2.45) is 0 Å². The van der Waals surface area contributed by atoms with E-state index < -0.39 is 15.9 Å². The fraction of sp³-hybridized carbons (Fsp3) is 0.375. The molecule has 0 bridgehead atoms. The van der Waals surface area contributed by atoms with E-state index in [1.54, 1.807) is 6.07 Å². The van der Waals surface area contributed by atoms with Gasteiger partial charge in [-0.05, 0) is 42.5 Å². The number of rotatable bonds is 3. The van der Waals surface area contributed by atoms with E-state index in [9.17, 15) is 13.2 Å². The second-order valence-electron chi connectivity index (χ2n) is 8.66. The molecule has 6 nitrogen and oxygen atoms in total. The molecule has 1 aliphatic heterocycles. The summed E-state index contributed by atoms with van der Waals surface area (Å²) in [6, 6.07) is 14.0. The molecule has 0 radical (unpaired) electrons. The lowest BCUT2D eigenvalue weighted by molar-refractivity contribution is 0.0982. The quantitative estimate of drug-likeness (QED) is 0.634. The van der Waals surface area contributed by atoms with Crippen molar-refractivity contribution < 1.29 is 13.2 Å². The first-order valence-electron chi connectivity index (χ1n) is 10.9. The SMILES string of the molecule is CS(=O)(=O)NC(=O)c1ccc2c(C3CCCCC3)c3n(c2c1)CCNc1ccccc1-3. The van der Waals surface area contributed by atoms with Crippen molar-refractivity contribution in [3.05, 3.63) is 53.6 Å². The van der Waals surface area contributed by atoms with Gasteiger partial charge in [-0.3, -0.25) is 4.79 Å². The number of benzene rings is 2. The number of carbonyl (C=O) groups is 1. The minimum atomic E-state index is -3.62. The molecule has 5 rings (SSSR count). The molecule has 0 saturated heterocycles. The minimum Gasteiger partial charge on any atom is -0.383 e. The number of para-hydroxylation sites is 1. The summed E-state index contributed by atoms with van der Waals surface area (Å²) in [6.45, 7) is 1.57. The third-order valence-corrected chi connectivity index (χ3v) is 7.05. The van der Waals surface area contributed by atoms with Crippen molar-refractivity contribution in [1.29, 1.82) is 0 Å². The molecular weight excluding hydrogens is 410 g/mol. The number of aromatic nitrogens is 1. The molecule has 2 heterocycles. The maximum atomic E-state index is 12.5. The van der Waals surface area contributed by atoms with Gasteiger partial charge >= 0.3 is 0 Å². The van der Waals surface area contributed by atoms with E-state index in [1.165, 1.54) is 54.3 Å². The van der Waals surface area contributed by atoms with Crippen molar-refractivity contribution in [1.82, 2.24) is 9.29 Å². The van der Waals surface area contributed by atoms with Crippen LogP contribution in [0.2, 0.25) is 0 Å².